The fourth-order valence-electron chi connectivity index (χ4n) is 1.19. The van der Waals surface area contributed by atoms with E-state index in [1.165, 1.54) is 0 Å². The van der Waals surface area contributed by atoms with Crippen LogP contribution < -0.4 is 10.6 Å². The number of hydrogen-bond acceptors (Lipinski definition) is 5. The van der Waals surface area contributed by atoms with E-state index in [0.717, 1.165) is 24.2 Å². The molecule has 2 rings (SSSR count). The molecular weight excluding hydrogens is 264 g/mol. The Bertz CT molecular complexity index is 432. The Balaban J connectivity index is 1.67. The standard InChI is InChI=1S/C9H11ClN4O2S/c10-9-14-13-8(17-9)7(16)11-4-3-6(15)12-5-1-2-5/h5H,1-4H2,(H,11,16)(H,12,15). The summed E-state index contributed by atoms with van der Waals surface area (Å²) < 4.78 is 0.224. The maximum atomic E-state index is 11.5. The fraction of sp³-hybridized carbons (Fsp3) is 0.556. The molecule has 0 radical (unpaired) electrons. The molecule has 0 aliphatic heterocycles. The second kappa shape index (κ2) is 5.42. The molecule has 0 bridgehead atoms. The Kier molecular flexibility index (Phi) is 3.90. The van der Waals surface area contributed by atoms with Crippen LogP contribution in [0.1, 0.15) is 29.1 Å². The number of carbonyl (C=O) groups excluding carboxylic acids is 2. The summed E-state index contributed by atoms with van der Waals surface area (Å²) >= 11 is 6.56. The number of hydrogen-bond donors (Lipinski definition) is 2. The zero-order valence-corrected chi connectivity index (χ0v) is 10.5. The molecule has 0 unspecified atom stereocenters. The van der Waals surface area contributed by atoms with Crippen LogP contribution in [0.15, 0.2) is 0 Å². The zero-order valence-electron chi connectivity index (χ0n) is 8.90. The zero-order chi connectivity index (χ0) is 12.3. The van der Waals surface area contributed by atoms with Crippen molar-refractivity contribution >= 4 is 34.8 Å². The molecule has 8 heteroatoms. The Hall–Kier alpha value is -1.21. The van der Waals surface area contributed by atoms with E-state index < -0.39 is 0 Å². The minimum absolute atomic E-state index is 0.0388. The Morgan fingerprint density at radius 3 is 2.76 bits per heavy atom. The first-order chi connectivity index (χ1) is 8.15. The highest BCUT2D eigenvalue weighted by Crippen LogP contribution is 2.18. The smallest absolute Gasteiger partial charge is 0.282 e. The lowest BCUT2D eigenvalue weighted by Crippen LogP contribution is -2.31. The Morgan fingerprint density at radius 1 is 1.41 bits per heavy atom. The van der Waals surface area contributed by atoms with Gasteiger partial charge in [0.1, 0.15) is 0 Å². The molecule has 0 atom stereocenters. The fourth-order valence-corrected chi connectivity index (χ4v) is 1.93. The van der Waals surface area contributed by atoms with Crippen molar-refractivity contribution in [3.8, 4) is 0 Å². The monoisotopic (exact) mass is 274 g/mol. The number of aromatic nitrogens is 2. The molecule has 92 valence electrons. The van der Waals surface area contributed by atoms with Crippen molar-refractivity contribution in [1.82, 2.24) is 20.8 Å². The van der Waals surface area contributed by atoms with Gasteiger partial charge in [-0.15, -0.1) is 10.2 Å². The molecule has 1 aromatic heterocycles. The molecule has 1 aliphatic rings. The van der Waals surface area contributed by atoms with E-state index in [9.17, 15) is 9.59 Å². The third-order valence-electron chi connectivity index (χ3n) is 2.17. The number of rotatable bonds is 5. The van der Waals surface area contributed by atoms with Gasteiger partial charge in [0.2, 0.25) is 15.4 Å². The van der Waals surface area contributed by atoms with Gasteiger partial charge in [0.25, 0.3) is 5.91 Å². The van der Waals surface area contributed by atoms with Gasteiger partial charge in [-0.25, -0.2) is 0 Å². The van der Waals surface area contributed by atoms with E-state index in [0.29, 0.717) is 6.04 Å². The first-order valence-electron chi connectivity index (χ1n) is 5.21. The molecule has 1 aliphatic carbocycles. The lowest BCUT2D eigenvalue weighted by atomic mass is 10.4. The van der Waals surface area contributed by atoms with Crippen molar-refractivity contribution < 1.29 is 9.59 Å². The van der Waals surface area contributed by atoms with Crippen LogP contribution in [0.25, 0.3) is 0 Å². The van der Waals surface area contributed by atoms with Crippen molar-refractivity contribution in [2.24, 2.45) is 0 Å². The molecule has 1 aromatic rings. The van der Waals surface area contributed by atoms with E-state index in [1.54, 1.807) is 0 Å². The van der Waals surface area contributed by atoms with Gasteiger partial charge in [-0.2, -0.15) is 0 Å². The van der Waals surface area contributed by atoms with E-state index in [4.69, 9.17) is 11.6 Å². The highest BCUT2D eigenvalue weighted by atomic mass is 35.5. The molecule has 2 N–H and O–H groups in total. The van der Waals surface area contributed by atoms with Gasteiger partial charge in [-0.05, 0) is 24.4 Å². The third kappa shape index (κ3) is 3.94. The largest absolute Gasteiger partial charge is 0.353 e. The number of nitrogens with one attached hydrogen (secondary N) is 2. The second-order valence-corrected chi connectivity index (χ2v) is 5.27. The summed E-state index contributed by atoms with van der Waals surface area (Å²) in [7, 11) is 0. The predicted molar refractivity (Wildman–Crippen MR) is 63.0 cm³/mol. The van der Waals surface area contributed by atoms with Crippen molar-refractivity contribution in [2.75, 3.05) is 6.54 Å². The van der Waals surface area contributed by atoms with Crippen LogP contribution in [0.2, 0.25) is 4.47 Å². The average molecular weight is 275 g/mol. The van der Waals surface area contributed by atoms with Gasteiger partial charge in [-0.3, -0.25) is 9.59 Å². The van der Waals surface area contributed by atoms with E-state index in [2.05, 4.69) is 20.8 Å². The van der Waals surface area contributed by atoms with Crippen molar-refractivity contribution in [1.29, 1.82) is 0 Å². The molecule has 6 nitrogen and oxygen atoms in total. The number of nitrogens with zero attached hydrogens (tertiary/aromatic N) is 2. The van der Waals surface area contributed by atoms with Crippen molar-refractivity contribution in [3.05, 3.63) is 9.47 Å². The third-order valence-corrected chi connectivity index (χ3v) is 3.19. The lowest BCUT2D eigenvalue weighted by Gasteiger charge is -2.03. The van der Waals surface area contributed by atoms with Gasteiger partial charge in [0.05, 0.1) is 0 Å². The van der Waals surface area contributed by atoms with Crippen LogP contribution in [0.4, 0.5) is 0 Å². The van der Waals surface area contributed by atoms with Crippen LogP contribution in [0, 0.1) is 0 Å². The van der Waals surface area contributed by atoms with Crippen LogP contribution in [0.5, 0.6) is 0 Å². The van der Waals surface area contributed by atoms with E-state index in [-0.39, 0.29) is 34.3 Å². The normalized spacial score (nSPS) is 14.4. The van der Waals surface area contributed by atoms with Gasteiger partial charge in [0.15, 0.2) is 0 Å². The number of carbonyl (C=O) groups is 2. The highest BCUT2D eigenvalue weighted by Gasteiger charge is 2.22. The highest BCUT2D eigenvalue weighted by molar-refractivity contribution is 7.17. The quantitative estimate of drug-likeness (QED) is 0.823. The summed E-state index contributed by atoms with van der Waals surface area (Å²) in [5, 5.41) is 12.7. The van der Waals surface area contributed by atoms with E-state index in [1.807, 2.05) is 0 Å². The first-order valence-corrected chi connectivity index (χ1v) is 6.41. The van der Waals surface area contributed by atoms with Gasteiger partial charge < -0.3 is 10.6 Å². The molecule has 1 fully saturated rings. The van der Waals surface area contributed by atoms with Crippen molar-refractivity contribution in [3.63, 3.8) is 0 Å². The number of halogens is 1. The summed E-state index contributed by atoms with van der Waals surface area (Å²) in [5.41, 5.74) is 0. The molecule has 17 heavy (non-hydrogen) atoms. The predicted octanol–water partition coefficient (Wildman–Crippen LogP) is 0.590. The van der Waals surface area contributed by atoms with Crippen molar-refractivity contribution in [2.45, 2.75) is 25.3 Å². The van der Waals surface area contributed by atoms with Crippen LogP contribution in [-0.2, 0) is 4.79 Å². The molecule has 0 spiro atoms. The summed E-state index contributed by atoms with van der Waals surface area (Å²) in [5.74, 6) is -0.392. The SMILES string of the molecule is O=C(CCNC(=O)c1nnc(Cl)s1)NC1CC1. The van der Waals surface area contributed by atoms with Crippen LogP contribution in [-0.4, -0.2) is 34.6 Å². The maximum Gasteiger partial charge on any atom is 0.282 e. The number of amides is 2. The van der Waals surface area contributed by atoms with Gasteiger partial charge in [-0.1, -0.05) is 11.3 Å². The molecule has 1 saturated carbocycles. The van der Waals surface area contributed by atoms with E-state index >= 15 is 0 Å². The van der Waals surface area contributed by atoms with Crippen LogP contribution >= 0.6 is 22.9 Å². The van der Waals surface area contributed by atoms with Gasteiger partial charge in [0, 0.05) is 19.0 Å². The van der Waals surface area contributed by atoms with Gasteiger partial charge >= 0.3 is 0 Å². The molecule has 0 aromatic carbocycles. The molecule has 1 heterocycles. The molecule has 0 saturated heterocycles. The summed E-state index contributed by atoms with van der Waals surface area (Å²) in [6.07, 6.45) is 2.39. The summed E-state index contributed by atoms with van der Waals surface area (Å²) in [6, 6.07) is 0.347. The Morgan fingerprint density at radius 2 is 2.18 bits per heavy atom. The summed E-state index contributed by atoms with van der Waals surface area (Å²) in [6.45, 7) is 0.286. The first kappa shape index (κ1) is 12.3. The maximum absolute atomic E-state index is 11.5. The molecular formula is C9H11ClN4O2S. The van der Waals surface area contributed by atoms with Crippen LogP contribution in [0.3, 0.4) is 0 Å². The topological polar surface area (TPSA) is 84.0 Å². The Labute approximate surface area is 107 Å². The molecule has 2 amide bonds. The minimum atomic E-state index is -0.353. The minimum Gasteiger partial charge on any atom is -0.353 e. The summed E-state index contributed by atoms with van der Waals surface area (Å²) in [4.78, 5) is 22.8. The second-order valence-electron chi connectivity index (χ2n) is 3.71. The lowest BCUT2D eigenvalue weighted by molar-refractivity contribution is -0.121. The average Bonchev–Trinajstić information content (AvgIpc) is 2.97.